The highest BCUT2D eigenvalue weighted by Gasteiger charge is 2.40. The lowest BCUT2D eigenvalue weighted by Crippen LogP contribution is -2.51. The molecule has 0 aliphatic carbocycles. The molecule has 0 spiro atoms. The number of hydrogen-bond acceptors (Lipinski definition) is 6. The van der Waals surface area contributed by atoms with Crippen molar-refractivity contribution in [2.24, 2.45) is 5.92 Å². The van der Waals surface area contributed by atoms with Gasteiger partial charge < -0.3 is 14.6 Å². The fourth-order valence-electron chi connectivity index (χ4n) is 3.04. The van der Waals surface area contributed by atoms with Gasteiger partial charge in [-0.15, -0.1) is 0 Å². The zero-order valence-corrected chi connectivity index (χ0v) is 15.1. The van der Waals surface area contributed by atoms with Crippen molar-refractivity contribution in [3.63, 3.8) is 0 Å². The zero-order valence-electron chi connectivity index (χ0n) is 15.1. The molecule has 8 nitrogen and oxygen atoms in total. The molecule has 0 bridgehead atoms. The fraction of sp³-hybridized carbons (Fsp3) is 0.300. The van der Waals surface area contributed by atoms with Gasteiger partial charge in [0.1, 0.15) is 18.4 Å². The Bertz CT molecular complexity index is 827. The average Bonchev–Trinajstić information content (AvgIpc) is 2.73. The van der Waals surface area contributed by atoms with Gasteiger partial charge in [-0.05, 0) is 30.5 Å². The van der Waals surface area contributed by atoms with Crippen LogP contribution in [0.15, 0.2) is 54.9 Å². The molecule has 1 N–H and O–H groups in total. The molecule has 8 heteroatoms. The fourth-order valence-corrected chi connectivity index (χ4v) is 3.04. The van der Waals surface area contributed by atoms with Crippen LogP contribution >= 0.6 is 0 Å². The topological polar surface area (TPSA) is 106 Å². The van der Waals surface area contributed by atoms with Crippen LogP contribution in [0, 0.1) is 5.92 Å². The highest BCUT2D eigenvalue weighted by Crippen LogP contribution is 2.26. The summed E-state index contributed by atoms with van der Waals surface area (Å²) in [6.45, 7) is 0.145. The largest absolute Gasteiger partial charge is 0.480 e. The number of carbonyl (C=O) groups excluding carboxylic acids is 2. The Morgan fingerprint density at radius 2 is 1.93 bits per heavy atom. The van der Waals surface area contributed by atoms with Crippen LogP contribution in [-0.2, 0) is 20.9 Å². The molecular formula is C20H20N2O6. The summed E-state index contributed by atoms with van der Waals surface area (Å²) in [7, 11) is 0. The molecule has 1 aliphatic heterocycles. The Kier molecular flexibility index (Phi) is 6.21. The van der Waals surface area contributed by atoms with Gasteiger partial charge in [0.25, 0.3) is 0 Å². The number of carboxylic acid groups (broad SMARTS) is 1. The Morgan fingerprint density at radius 1 is 1.14 bits per heavy atom. The van der Waals surface area contributed by atoms with Crippen molar-refractivity contribution in [3.05, 3.63) is 60.4 Å². The minimum absolute atomic E-state index is 0.0329. The predicted molar refractivity (Wildman–Crippen MR) is 97.4 cm³/mol. The van der Waals surface area contributed by atoms with Crippen molar-refractivity contribution >= 4 is 18.0 Å². The third kappa shape index (κ3) is 4.85. The van der Waals surface area contributed by atoms with Gasteiger partial charge in [-0.1, -0.05) is 30.3 Å². The zero-order chi connectivity index (χ0) is 19.9. The molecule has 1 amide bonds. The summed E-state index contributed by atoms with van der Waals surface area (Å²) in [6, 6.07) is 11.2. The van der Waals surface area contributed by atoms with Crippen LogP contribution < -0.4 is 4.74 Å². The number of nitrogens with zero attached hydrogens (tertiary/aromatic N) is 2. The Labute approximate surface area is 161 Å². The molecule has 2 atom stereocenters. The number of rotatable bonds is 5. The maximum atomic E-state index is 12.4. The van der Waals surface area contributed by atoms with Crippen LogP contribution in [0.5, 0.6) is 5.75 Å². The first-order valence-corrected chi connectivity index (χ1v) is 8.86. The normalized spacial score (nSPS) is 18.9. The van der Waals surface area contributed by atoms with Gasteiger partial charge >= 0.3 is 18.0 Å². The van der Waals surface area contributed by atoms with E-state index in [4.69, 9.17) is 9.47 Å². The van der Waals surface area contributed by atoms with E-state index in [1.165, 1.54) is 6.20 Å². The van der Waals surface area contributed by atoms with Gasteiger partial charge in [0.15, 0.2) is 0 Å². The molecule has 1 aliphatic rings. The number of piperidine rings is 1. The second kappa shape index (κ2) is 8.98. The lowest BCUT2D eigenvalue weighted by molar-refractivity contribution is -0.148. The van der Waals surface area contributed by atoms with Crippen LogP contribution in [0.3, 0.4) is 0 Å². The van der Waals surface area contributed by atoms with E-state index in [-0.39, 0.29) is 19.6 Å². The molecule has 1 fully saturated rings. The van der Waals surface area contributed by atoms with E-state index in [0.29, 0.717) is 12.2 Å². The van der Waals surface area contributed by atoms with E-state index in [1.54, 1.807) is 18.3 Å². The molecular weight excluding hydrogens is 364 g/mol. The summed E-state index contributed by atoms with van der Waals surface area (Å²) in [6.07, 6.45) is 2.51. The summed E-state index contributed by atoms with van der Waals surface area (Å²) in [5.41, 5.74) is 0.803. The maximum absolute atomic E-state index is 12.4. The first-order valence-electron chi connectivity index (χ1n) is 8.86. The number of carbonyl (C=O) groups is 3. The van der Waals surface area contributed by atoms with E-state index in [9.17, 15) is 19.5 Å². The number of amides is 1. The lowest BCUT2D eigenvalue weighted by atomic mass is 9.91. The molecule has 28 heavy (non-hydrogen) atoms. The van der Waals surface area contributed by atoms with Gasteiger partial charge in [-0.3, -0.25) is 14.7 Å². The SMILES string of the molecule is O=C(Oc1cccnc1)C1CCN(C(=O)OCc2ccccc2)C(C(=O)O)C1. The molecule has 2 aromatic rings. The molecule has 2 heterocycles. The molecule has 2 unspecified atom stereocenters. The summed E-state index contributed by atoms with van der Waals surface area (Å²) in [5.74, 6) is -2.05. The predicted octanol–water partition coefficient (Wildman–Crippen LogP) is 2.49. The number of benzene rings is 1. The van der Waals surface area contributed by atoms with Gasteiger partial charge in [0, 0.05) is 12.7 Å². The maximum Gasteiger partial charge on any atom is 0.410 e. The van der Waals surface area contributed by atoms with Crippen molar-refractivity contribution in [2.75, 3.05) is 6.54 Å². The van der Waals surface area contributed by atoms with Crippen molar-refractivity contribution in [1.29, 1.82) is 0 Å². The van der Waals surface area contributed by atoms with Gasteiger partial charge in [-0.25, -0.2) is 9.59 Å². The van der Waals surface area contributed by atoms with Crippen molar-refractivity contribution in [3.8, 4) is 5.75 Å². The van der Waals surface area contributed by atoms with E-state index < -0.39 is 30.0 Å². The number of aliphatic carboxylic acids is 1. The third-order valence-electron chi connectivity index (χ3n) is 4.51. The van der Waals surface area contributed by atoms with Crippen molar-refractivity contribution < 1.29 is 29.0 Å². The summed E-state index contributed by atoms with van der Waals surface area (Å²) >= 11 is 0. The molecule has 0 radical (unpaired) electrons. The third-order valence-corrected chi connectivity index (χ3v) is 4.51. The minimum Gasteiger partial charge on any atom is -0.480 e. The van der Waals surface area contributed by atoms with Crippen LogP contribution in [0.1, 0.15) is 18.4 Å². The van der Waals surface area contributed by atoms with Crippen LogP contribution in [0.2, 0.25) is 0 Å². The number of likely N-dealkylation sites (tertiary alicyclic amines) is 1. The van der Waals surface area contributed by atoms with Gasteiger partial charge in [0.2, 0.25) is 0 Å². The summed E-state index contributed by atoms with van der Waals surface area (Å²) in [5, 5.41) is 9.52. The smallest absolute Gasteiger partial charge is 0.410 e. The number of carboxylic acids is 1. The molecule has 3 rings (SSSR count). The lowest BCUT2D eigenvalue weighted by Gasteiger charge is -2.35. The van der Waals surface area contributed by atoms with Crippen molar-refractivity contribution in [1.82, 2.24) is 9.88 Å². The minimum atomic E-state index is -1.18. The van der Waals surface area contributed by atoms with E-state index in [2.05, 4.69) is 4.98 Å². The van der Waals surface area contributed by atoms with Crippen LogP contribution in [0.4, 0.5) is 4.79 Å². The van der Waals surface area contributed by atoms with Crippen LogP contribution in [0.25, 0.3) is 0 Å². The highest BCUT2D eigenvalue weighted by atomic mass is 16.6. The summed E-state index contributed by atoms with van der Waals surface area (Å²) in [4.78, 5) is 41.4. The number of pyridine rings is 1. The molecule has 1 saturated heterocycles. The Balaban J connectivity index is 1.59. The van der Waals surface area contributed by atoms with Crippen molar-refractivity contribution in [2.45, 2.75) is 25.5 Å². The molecule has 1 aromatic carbocycles. The van der Waals surface area contributed by atoms with Gasteiger partial charge in [-0.2, -0.15) is 0 Å². The monoisotopic (exact) mass is 384 g/mol. The number of hydrogen-bond donors (Lipinski definition) is 1. The van der Waals surface area contributed by atoms with E-state index in [1.807, 2.05) is 30.3 Å². The molecule has 1 aromatic heterocycles. The molecule has 146 valence electrons. The number of esters is 1. The average molecular weight is 384 g/mol. The standard InChI is InChI=1S/C20H20N2O6/c23-18(24)17-11-15(19(25)28-16-7-4-9-21-12-16)8-10-22(17)20(26)27-13-14-5-2-1-3-6-14/h1-7,9,12,15,17H,8,10-11,13H2,(H,23,24). The summed E-state index contributed by atoms with van der Waals surface area (Å²) < 4.78 is 10.5. The second-order valence-electron chi connectivity index (χ2n) is 6.42. The van der Waals surface area contributed by atoms with Crippen LogP contribution in [-0.4, -0.2) is 45.6 Å². The quantitative estimate of drug-likeness (QED) is 0.790. The Morgan fingerprint density at radius 3 is 2.61 bits per heavy atom. The van der Waals surface area contributed by atoms with Gasteiger partial charge in [0.05, 0.1) is 12.1 Å². The first-order chi connectivity index (χ1) is 13.5. The number of aromatic nitrogens is 1. The van der Waals surface area contributed by atoms with E-state index >= 15 is 0 Å². The Hall–Kier alpha value is -3.42. The van der Waals surface area contributed by atoms with E-state index in [0.717, 1.165) is 10.5 Å². The first kappa shape index (κ1) is 19.3. The molecule has 0 saturated carbocycles. The second-order valence-corrected chi connectivity index (χ2v) is 6.42. The highest BCUT2D eigenvalue weighted by molar-refractivity contribution is 5.82. The number of ether oxygens (including phenoxy) is 2.